The van der Waals surface area contributed by atoms with E-state index in [9.17, 15) is 9.59 Å². The number of aromatic carboxylic acids is 1. The van der Waals surface area contributed by atoms with Crippen LogP contribution in [0.2, 0.25) is 0 Å². The van der Waals surface area contributed by atoms with E-state index < -0.39 is 5.97 Å². The van der Waals surface area contributed by atoms with Gasteiger partial charge in [0.05, 0.1) is 21.8 Å². The summed E-state index contributed by atoms with van der Waals surface area (Å²) in [6.07, 6.45) is 3.75. The van der Waals surface area contributed by atoms with Crippen molar-refractivity contribution in [3.05, 3.63) is 144 Å². The molecule has 0 spiro atoms. The summed E-state index contributed by atoms with van der Waals surface area (Å²) in [5.74, 6) is 0.124. The van der Waals surface area contributed by atoms with Crippen molar-refractivity contribution in [2.45, 2.75) is 6.04 Å². The largest absolute Gasteiger partial charge is 0.478 e. The first-order valence-electron chi connectivity index (χ1n) is 11.7. The molecule has 186 valence electrons. The zero-order chi connectivity index (χ0) is 26.2. The van der Waals surface area contributed by atoms with Crippen molar-refractivity contribution in [1.82, 2.24) is 4.57 Å². The lowest BCUT2D eigenvalue weighted by Gasteiger charge is -2.19. The highest BCUT2D eigenvalue weighted by molar-refractivity contribution is 9.10. The van der Waals surface area contributed by atoms with Gasteiger partial charge in [-0.3, -0.25) is 9.36 Å². The van der Waals surface area contributed by atoms with Crippen LogP contribution >= 0.6 is 27.3 Å². The molecular formula is C30H19BrN2O4S. The van der Waals surface area contributed by atoms with Gasteiger partial charge in [0, 0.05) is 16.1 Å². The van der Waals surface area contributed by atoms with E-state index >= 15 is 0 Å². The summed E-state index contributed by atoms with van der Waals surface area (Å²) in [6.45, 7) is 0. The van der Waals surface area contributed by atoms with Crippen LogP contribution in [0.3, 0.4) is 0 Å². The SMILES string of the molecule is O=C(O)c1ccc(-c2ccc(C=c3sc4n(c3=O)C(c3ccc(Br)cc3)C=C(c3ccccc3)N=4)o2)cc1. The van der Waals surface area contributed by atoms with E-state index in [1.807, 2.05) is 60.7 Å². The lowest BCUT2D eigenvalue weighted by Crippen LogP contribution is -2.36. The van der Waals surface area contributed by atoms with E-state index in [0.717, 1.165) is 26.9 Å². The van der Waals surface area contributed by atoms with E-state index in [1.54, 1.807) is 34.9 Å². The van der Waals surface area contributed by atoms with Crippen molar-refractivity contribution in [1.29, 1.82) is 0 Å². The normalized spacial score (nSPS) is 15.0. The van der Waals surface area contributed by atoms with Gasteiger partial charge in [0.15, 0.2) is 4.80 Å². The average molecular weight is 583 g/mol. The maximum absolute atomic E-state index is 13.6. The number of thiazole rings is 1. The standard InChI is InChI=1S/C30H19BrN2O4S/c31-22-12-10-19(11-13-22)25-17-24(18-4-2-1-3-5-18)32-30-33(25)28(34)27(38-30)16-23-14-15-26(37-23)20-6-8-21(9-7-20)29(35)36/h1-17,25H,(H,35,36). The molecule has 6 nitrogen and oxygen atoms in total. The number of carboxylic acid groups (broad SMARTS) is 1. The van der Waals surface area contributed by atoms with Crippen molar-refractivity contribution in [3.63, 3.8) is 0 Å². The Labute approximate surface area is 229 Å². The van der Waals surface area contributed by atoms with Gasteiger partial charge in [-0.25, -0.2) is 9.79 Å². The quantitative estimate of drug-likeness (QED) is 0.287. The maximum Gasteiger partial charge on any atom is 0.335 e. The Morgan fingerprint density at radius 3 is 2.39 bits per heavy atom. The zero-order valence-electron chi connectivity index (χ0n) is 19.7. The lowest BCUT2D eigenvalue weighted by molar-refractivity contribution is 0.0697. The predicted molar refractivity (Wildman–Crippen MR) is 151 cm³/mol. The zero-order valence-corrected chi connectivity index (χ0v) is 22.1. The van der Waals surface area contributed by atoms with Gasteiger partial charge in [0.2, 0.25) is 0 Å². The number of benzene rings is 3. The molecule has 6 rings (SSSR count). The molecule has 3 aromatic carbocycles. The number of fused-ring (bicyclic) bond motifs is 1. The van der Waals surface area contributed by atoms with Crippen LogP contribution in [0.5, 0.6) is 0 Å². The van der Waals surface area contributed by atoms with Gasteiger partial charge in [-0.2, -0.15) is 0 Å². The number of hydrogen-bond donors (Lipinski definition) is 1. The molecule has 0 bridgehead atoms. The molecule has 38 heavy (non-hydrogen) atoms. The Kier molecular flexibility index (Phi) is 6.27. The van der Waals surface area contributed by atoms with Crippen LogP contribution in [-0.2, 0) is 0 Å². The van der Waals surface area contributed by atoms with Crippen LogP contribution < -0.4 is 14.9 Å². The molecule has 2 aromatic heterocycles. The minimum atomic E-state index is -0.982. The molecule has 0 fully saturated rings. The number of rotatable bonds is 5. The fourth-order valence-electron chi connectivity index (χ4n) is 4.34. The van der Waals surface area contributed by atoms with Gasteiger partial charge in [-0.1, -0.05) is 81.9 Å². The number of carboxylic acids is 1. The average Bonchev–Trinajstić information content (AvgIpc) is 3.53. The summed E-state index contributed by atoms with van der Waals surface area (Å²) in [7, 11) is 0. The maximum atomic E-state index is 13.6. The van der Waals surface area contributed by atoms with Crippen LogP contribution in [0.1, 0.15) is 33.3 Å². The van der Waals surface area contributed by atoms with Crippen molar-refractivity contribution in [2.75, 3.05) is 0 Å². The highest BCUT2D eigenvalue weighted by Gasteiger charge is 2.22. The number of aromatic nitrogens is 1. The first kappa shape index (κ1) is 24.1. The molecule has 3 heterocycles. The third-order valence-electron chi connectivity index (χ3n) is 6.24. The number of nitrogens with zero attached hydrogens (tertiary/aromatic N) is 2. The minimum absolute atomic E-state index is 0.145. The number of furan rings is 1. The number of hydrogen-bond acceptors (Lipinski definition) is 5. The molecule has 0 radical (unpaired) electrons. The molecule has 1 aliphatic rings. The van der Waals surface area contributed by atoms with E-state index in [2.05, 4.69) is 15.9 Å². The summed E-state index contributed by atoms with van der Waals surface area (Å²) in [6, 6.07) is 27.6. The fraction of sp³-hybridized carbons (Fsp3) is 0.0333. The van der Waals surface area contributed by atoms with E-state index in [-0.39, 0.29) is 17.2 Å². The second-order valence-electron chi connectivity index (χ2n) is 8.68. The Morgan fingerprint density at radius 2 is 1.68 bits per heavy atom. The second kappa shape index (κ2) is 9.89. The number of carbonyl (C=O) groups is 1. The predicted octanol–water partition coefficient (Wildman–Crippen LogP) is 5.72. The minimum Gasteiger partial charge on any atom is -0.478 e. The highest BCUT2D eigenvalue weighted by atomic mass is 79.9. The van der Waals surface area contributed by atoms with Gasteiger partial charge in [-0.15, -0.1) is 0 Å². The van der Waals surface area contributed by atoms with Gasteiger partial charge in [-0.05, 0) is 53.6 Å². The molecule has 1 aliphatic heterocycles. The first-order valence-corrected chi connectivity index (χ1v) is 13.4. The van der Waals surface area contributed by atoms with Crippen molar-refractivity contribution in [2.24, 2.45) is 4.99 Å². The van der Waals surface area contributed by atoms with Crippen LogP contribution in [0.15, 0.2) is 116 Å². The Morgan fingerprint density at radius 1 is 0.947 bits per heavy atom. The van der Waals surface area contributed by atoms with E-state index in [0.29, 0.717) is 20.9 Å². The first-order chi connectivity index (χ1) is 18.5. The molecule has 0 saturated heterocycles. The summed E-state index contributed by atoms with van der Waals surface area (Å²) < 4.78 is 9.18. The molecule has 1 atom stereocenters. The van der Waals surface area contributed by atoms with Gasteiger partial charge in [0.25, 0.3) is 5.56 Å². The summed E-state index contributed by atoms with van der Waals surface area (Å²) in [4.78, 5) is 30.2. The molecule has 0 saturated carbocycles. The topological polar surface area (TPSA) is 84.8 Å². The Hall–Kier alpha value is -4.27. The third-order valence-corrected chi connectivity index (χ3v) is 7.76. The van der Waals surface area contributed by atoms with Crippen LogP contribution in [0, 0.1) is 0 Å². The Bertz CT molecular complexity index is 1870. The molecule has 0 aliphatic carbocycles. The smallest absolute Gasteiger partial charge is 0.335 e. The highest BCUT2D eigenvalue weighted by Crippen LogP contribution is 2.28. The van der Waals surface area contributed by atoms with E-state index in [1.165, 1.54) is 23.5 Å². The van der Waals surface area contributed by atoms with E-state index in [4.69, 9.17) is 14.5 Å². The van der Waals surface area contributed by atoms with Crippen LogP contribution in [0.4, 0.5) is 0 Å². The molecule has 1 unspecified atom stereocenters. The van der Waals surface area contributed by atoms with Crippen molar-refractivity contribution in [3.8, 4) is 11.3 Å². The Balaban J connectivity index is 1.44. The van der Waals surface area contributed by atoms with Gasteiger partial charge in [0.1, 0.15) is 11.5 Å². The second-order valence-corrected chi connectivity index (χ2v) is 10.6. The third kappa shape index (κ3) is 4.60. The molecule has 0 amide bonds. The van der Waals surface area contributed by atoms with Crippen LogP contribution in [-0.4, -0.2) is 15.6 Å². The summed E-state index contributed by atoms with van der Waals surface area (Å²) in [5, 5.41) is 9.12. The molecular weight excluding hydrogens is 564 g/mol. The summed E-state index contributed by atoms with van der Waals surface area (Å²) in [5.41, 5.74) is 3.59. The van der Waals surface area contributed by atoms with Gasteiger partial charge >= 0.3 is 5.97 Å². The number of halogens is 1. The van der Waals surface area contributed by atoms with Crippen molar-refractivity contribution >= 4 is 45.0 Å². The summed E-state index contributed by atoms with van der Waals surface area (Å²) >= 11 is 4.81. The lowest BCUT2D eigenvalue weighted by atomic mass is 10.0. The monoisotopic (exact) mass is 582 g/mol. The molecule has 5 aromatic rings. The van der Waals surface area contributed by atoms with Crippen LogP contribution in [0.25, 0.3) is 23.1 Å². The fourth-order valence-corrected chi connectivity index (χ4v) is 5.60. The number of allylic oxidation sites excluding steroid dienone is 1. The molecule has 8 heteroatoms. The van der Waals surface area contributed by atoms with Gasteiger partial charge < -0.3 is 9.52 Å². The molecule has 1 N–H and O–H groups in total. The van der Waals surface area contributed by atoms with Crippen molar-refractivity contribution < 1.29 is 14.3 Å².